The molecule has 2 fully saturated rings. The van der Waals surface area contributed by atoms with Crippen LogP contribution in [0.4, 0.5) is 0 Å². The van der Waals surface area contributed by atoms with E-state index < -0.39 is 0 Å². The van der Waals surface area contributed by atoms with Crippen LogP contribution in [0.15, 0.2) is 12.2 Å². The molecule has 0 spiro atoms. The first-order valence-electron chi connectivity index (χ1n) is 3.49. The average Bonchev–Trinajstić information content (AvgIpc) is 1.64. The van der Waals surface area contributed by atoms with Crippen LogP contribution < -0.4 is 0 Å². The van der Waals surface area contributed by atoms with Gasteiger partial charge < -0.3 is 0 Å². The Morgan fingerprint density at radius 2 is 2.25 bits per heavy atom. The first kappa shape index (κ1) is 4.60. The molecule has 0 aromatic carbocycles. The SMILES string of the molecule is C=C1C(C)C2CCC12. The van der Waals surface area contributed by atoms with Crippen molar-refractivity contribution < 1.29 is 0 Å². The van der Waals surface area contributed by atoms with Crippen LogP contribution in [0.3, 0.4) is 0 Å². The number of hydrogen-bond donors (Lipinski definition) is 0. The fraction of sp³-hybridized carbons (Fsp3) is 0.750. The van der Waals surface area contributed by atoms with Crippen molar-refractivity contribution >= 4 is 0 Å². The molecule has 44 valence electrons. The monoisotopic (exact) mass is 108 g/mol. The number of allylic oxidation sites excluding steroid dienone is 1. The predicted molar refractivity (Wildman–Crippen MR) is 34.5 cm³/mol. The molecule has 0 radical (unpaired) electrons. The van der Waals surface area contributed by atoms with Gasteiger partial charge in [-0.05, 0) is 30.6 Å². The third kappa shape index (κ3) is 0.300. The van der Waals surface area contributed by atoms with E-state index in [1.807, 2.05) is 0 Å². The van der Waals surface area contributed by atoms with Crippen molar-refractivity contribution in [1.29, 1.82) is 0 Å². The molecular weight excluding hydrogens is 96.1 g/mol. The summed E-state index contributed by atoms with van der Waals surface area (Å²) in [6.07, 6.45) is 2.92. The van der Waals surface area contributed by atoms with E-state index in [1.165, 1.54) is 18.4 Å². The second kappa shape index (κ2) is 1.18. The number of hydrogen-bond acceptors (Lipinski definition) is 0. The minimum Gasteiger partial charge on any atom is -0.0993 e. The van der Waals surface area contributed by atoms with Crippen LogP contribution in [0.5, 0.6) is 0 Å². The lowest BCUT2D eigenvalue weighted by atomic mass is 9.51. The van der Waals surface area contributed by atoms with Crippen LogP contribution >= 0.6 is 0 Å². The quantitative estimate of drug-likeness (QED) is 0.417. The topological polar surface area (TPSA) is 0 Å². The van der Waals surface area contributed by atoms with E-state index in [-0.39, 0.29) is 0 Å². The van der Waals surface area contributed by atoms with Gasteiger partial charge in [-0.1, -0.05) is 19.1 Å². The van der Waals surface area contributed by atoms with Gasteiger partial charge in [0.25, 0.3) is 0 Å². The van der Waals surface area contributed by atoms with Crippen LogP contribution in [-0.4, -0.2) is 0 Å². The van der Waals surface area contributed by atoms with Crippen molar-refractivity contribution in [2.45, 2.75) is 19.8 Å². The van der Waals surface area contributed by atoms with E-state index in [0.29, 0.717) is 0 Å². The zero-order chi connectivity index (χ0) is 5.72. The molecule has 0 saturated heterocycles. The average molecular weight is 108 g/mol. The molecule has 3 atom stereocenters. The molecule has 2 rings (SSSR count). The largest absolute Gasteiger partial charge is 0.0993 e. The highest BCUT2D eigenvalue weighted by Gasteiger charge is 2.47. The molecule has 0 N–H and O–H groups in total. The third-order valence-corrected chi connectivity index (χ3v) is 3.03. The van der Waals surface area contributed by atoms with Crippen molar-refractivity contribution in [3.05, 3.63) is 12.2 Å². The Kier molecular flexibility index (Phi) is 0.677. The van der Waals surface area contributed by atoms with Gasteiger partial charge in [-0.15, -0.1) is 0 Å². The number of rotatable bonds is 0. The zero-order valence-corrected chi connectivity index (χ0v) is 5.35. The van der Waals surface area contributed by atoms with E-state index in [4.69, 9.17) is 0 Å². The molecule has 0 bridgehead atoms. The van der Waals surface area contributed by atoms with Crippen LogP contribution in [0.25, 0.3) is 0 Å². The molecule has 0 heteroatoms. The van der Waals surface area contributed by atoms with Crippen molar-refractivity contribution in [2.24, 2.45) is 17.8 Å². The highest BCUT2D eigenvalue weighted by Crippen LogP contribution is 2.56. The van der Waals surface area contributed by atoms with E-state index in [2.05, 4.69) is 13.5 Å². The molecule has 2 aliphatic carbocycles. The van der Waals surface area contributed by atoms with E-state index in [0.717, 1.165) is 17.8 Å². The van der Waals surface area contributed by atoms with Crippen LogP contribution in [-0.2, 0) is 0 Å². The Balaban J connectivity index is 2.13. The van der Waals surface area contributed by atoms with E-state index >= 15 is 0 Å². The summed E-state index contributed by atoms with van der Waals surface area (Å²) in [4.78, 5) is 0. The first-order valence-corrected chi connectivity index (χ1v) is 3.49. The summed E-state index contributed by atoms with van der Waals surface area (Å²) >= 11 is 0. The maximum atomic E-state index is 4.02. The predicted octanol–water partition coefficient (Wildman–Crippen LogP) is 2.22. The van der Waals surface area contributed by atoms with Crippen LogP contribution in [0.1, 0.15) is 19.8 Å². The van der Waals surface area contributed by atoms with Gasteiger partial charge in [0.15, 0.2) is 0 Å². The fourth-order valence-electron chi connectivity index (χ4n) is 2.08. The van der Waals surface area contributed by atoms with Gasteiger partial charge in [0.1, 0.15) is 0 Å². The molecule has 8 heavy (non-hydrogen) atoms. The Labute approximate surface area is 50.6 Å². The summed E-state index contributed by atoms with van der Waals surface area (Å²) in [6, 6.07) is 0. The van der Waals surface area contributed by atoms with Gasteiger partial charge in [-0.2, -0.15) is 0 Å². The molecule has 2 saturated carbocycles. The highest BCUT2D eigenvalue weighted by molar-refractivity contribution is 5.23. The highest BCUT2D eigenvalue weighted by atomic mass is 14.5. The summed E-state index contributed by atoms with van der Waals surface area (Å²) in [5.74, 6) is 2.89. The molecule has 0 aliphatic heterocycles. The smallest absolute Gasteiger partial charge is 0.0169 e. The molecule has 0 heterocycles. The van der Waals surface area contributed by atoms with Gasteiger partial charge >= 0.3 is 0 Å². The molecule has 0 amide bonds. The Bertz CT molecular complexity index is 127. The molecule has 2 aliphatic rings. The minimum atomic E-state index is 0.869. The summed E-state index contributed by atoms with van der Waals surface area (Å²) in [5.41, 5.74) is 1.53. The maximum Gasteiger partial charge on any atom is -0.0169 e. The van der Waals surface area contributed by atoms with Crippen molar-refractivity contribution in [3.8, 4) is 0 Å². The van der Waals surface area contributed by atoms with E-state index in [1.54, 1.807) is 0 Å². The van der Waals surface area contributed by atoms with Gasteiger partial charge in [0.05, 0.1) is 0 Å². The second-order valence-electron chi connectivity index (χ2n) is 3.21. The van der Waals surface area contributed by atoms with E-state index in [9.17, 15) is 0 Å². The maximum absolute atomic E-state index is 4.02. The van der Waals surface area contributed by atoms with Crippen LogP contribution in [0.2, 0.25) is 0 Å². The van der Waals surface area contributed by atoms with Crippen LogP contribution in [0, 0.1) is 17.8 Å². The number of fused-ring (bicyclic) bond motifs is 1. The minimum absolute atomic E-state index is 0.869. The fourth-order valence-corrected chi connectivity index (χ4v) is 2.08. The van der Waals surface area contributed by atoms with Gasteiger partial charge in [0, 0.05) is 0 Å². The lowest BCUT2D eigenvalue weighted by Crippen LogP contribution is -2.44. The van der Waals surface area contributed by atoms with Crippen molar-refractivity contribution in [2.75, 3.05) is 0 Å². The first-order chi connectivity index (χ1) is 3.80. The standard InChI is InChI=1S/C8H12/c1-5-6(2)8-4-3-7(5)8/h6-8H,1,3-4H2,2H3. The molecule has 0 aromatic heterocycles. The molecular formula is C8H12. The molecule has 3 unspecified atom stereocenters. The Morgan fingerprint density at radius 1 is 1.50 bits per heavy atom. The lowest BCUT2D eigenvalue weighted by Gasteiger charge is -2.54. The lowest BCUT2D eigenvalue weighted by molar-refractivity contribution is 0.0680. The van der Waals surface area contributed by atoms with Gasteiger partial charge in [0.2, 0.25) is 0 Å². The Morgan fingerprint density at radius 3 is 2.38 bits per heavy atom. The summed E-state index contributed by atoms with van der Waals surface area (Å²) in [5, 5.41) is 0. The summed E-state index contributed by atoms with van der Waals surface area (Å²) in [7, 11) is 0. The molecule has 0 aromatic rings. The zero-order valence-electron chi connectivity index (χ0n) is 5.35. The second-order valence-corrected chi connectivity index (χ2v) is 3.21. The van der Waals surface area contributed by atoms with Gasteiger partial charge in [-0.25, -0.2) is 0 Å². The van der Waals surface area contributed by atoms with Gasteiger partial charge in [-0.3, -0.25) is 0 Å². The summed E-state index contributed by atoms with van der Waals surface area (Å²) < 4.78 is 0. The normalized spacial score (nSPS) is 51.6. The van der Waals surface area contributed by atoms with Crippen molar-refractivity contribution in [1.82, 2.24) is 0 Å². The van der Waals surface area contributed by atoms with Crippen molar-refractivity contribution in [3.63, 3.8) is 0 Å². The summed E-state index contributed by atoms with van der Waals surface area (Å²) in [6.45, 7) is 6.33. The molecule has 0 nitrogen and oxygen atoms in total. The third-order valence-electron chi connectivity index (χ3n) is 3.03. The Hall–Kier alpha value is -0.260.